The van der Waals surface area contributed by atoms with Gasteiger partial charge in [0.15, 0.2) is 4.32 Å². The van der Waals surface area contributed by atoms with Crippen LogP contribution in [-0.2, 0) is 4.79 Å². The van der Waals surface area contributed by atoms with Gasteiger partial charge in [-0.1, -0.05) is 42.2 Å². The first kappa shape index (κ1) is 18.7. The molecule has 0 unspecified atom stereocenters. The summed E-state index contributed by atoms with van der Waals surface area (Å²) in [5, 5.41) is 20.2. The van der Waals surface area contributed by atoms with Crippen molar-refractivity contribution in [3.63, 3.8) is 0 Å². The number of nitro groups is 1. The topological polar surface area (TPSA) is 101 Å². The molecule has 2 aromatic rings. The van der Waals surface area contributed by atoms with E-state index in [4.69, 9.17) is 17.3 Å². The molecule has 1 saturated heterocycles. The molecule has 0 aromatic heterocycles. The van der Waals surface area contributed by atoms with E-state index in [9.17, 15) is 19.7 Å². The Kier molecular flexibility index (Phi) is 5.06. The van der Waals surface area contributed by atoms with E-state index in [1.54, 1.807) is 25.1 Å². The second kappa shape index (κ2) is 7.29. The molecule has 3 rings (SSSR count). The number of hydrogen-bond acceptors (Lipinski definition) is 6. The number of thioether (sulfide) groups is 1. The minimum atomic E-state index is -1.11. The molecule has 0 atom stereocenters. The smallest absolute Gasteiger partial charge is 0.335 e. The zero-order chi connectivity index (χ0) is 19.7. The highest BCUT2D eigenvalue weighted by Gasteiger charge is 2.33. The Hall–Kier alpha value is -3.04. The molecular weight excluding hydrogens is 388 g/mol. The van der Waals surface area contributed by atoms with E-state index in [2.05, 4.69) is 0 Å². The number of anilines is 1. The summed E-state index contributed by atoms with van der Waals surface area (Å²) in [4.78, 5) is 36.1. The van der Waals surface area contributed by atoms with Crippen LogP contribution in [0, 0.1) is 17.0 Å². The van der Waals surface area contributed by atoms with Crippen molar-refractivity contribution in [3.05, 3.63) is 74.2 Å². The quantitative estimate of drug-likeness (QED) is 0.358. The molecule has 1 aliphatic heterocycles. The molecule has 0 aliphatic carbocycles. The van der Waals surface area contributed by atoms with Crippen molar-refractivity contribution in [1.82, 2.24) is 0 Å². The lowest BCUT2D eigenvalue weighted by atomic mass is 10.1. The van der Waals surface area contributed by atoms with Crippen LogP contribution in [-0.4, -0.2) is 26.2 Å². The van der Waals surface area contributed by atoms with Crippen molar-refractivity contribution in [3.8, 4) is 0 Å². The van der Waals surface area contributed by atoms with Gasteiger partial charge >= 0.3 is 5.97 Å². The Morgan fingerprint density at radius 3 is 2.70 bits per heavy atom. The highest BCUT2D eigenvalue weighted by molar-refractivity contribution is 8.27. The molecule has 1 aliphatic rings. The Bertz CT molecular complexity index is 1030. The van der Waals surface area contributed by atoms with Gasteiger partial charge < -0.3 is 5.11 Å². The first-order valence-corrected chi connectivity index (χ1v) is 8.87. The number of aryl methyl sites for hydroxylation is 1. The van der Waals surface area contributed by atoms with Gasteiger partial charge in [0.1, 0.15) is 0 Å². The third-order valence-electron chi connectivity index (χ3n) is 3.87. The predicted molar refractivity (Wildman–Crippen MR) is 107 cm³/mol. The summed E-state index contributed by atoms with van der Waals surface area (Å²) in [6.07, 6.45) is 1.53. The van der Waals surface area contributed by atoms with Crippen LogP contribution in [0.4, 0.5) is 11.4 Å². The zero-order valence-corrected chi connectivity index (χ0v) is 15.5. The number of amides is 1. The van der Waals surface area contributed by atoms with E-state index in [1.165, 1.54) is 35.2 Å². The molecule has 1 heterocycles. The van der Waals surface area contributed by atoms with Gasteiger partial charge in [-0.15, -0.1) is 0 Å². The molecule has 1 amide bonds. The molecule has 2 aromatic carbocycles. The maximum atomic E-state index is 12.8. The van der Waals surface area contributed by atoms with Crippen molar-refractivity contribution in [2.24, 2.45) is 0 Å². The van der Waals surface area contributed by atoms with Crippen molar-refractivity contribution >= 4 is 57.6 Å². The number of nitrogens with zero attached hydrogens (tertiary/aromatic N) is 2. The number of thiocarbonyl (C=S) groups is 1. The standard InChI is InChI=1S/C18H12N2O5S2/c1-10-5-6-11(7-14(10)20(24)25)8-15-16(21)19(18(26)27-15)13-4-2-3-12(9-13)17(22)23/h2-9H,1H3,(H,22,23)/b15-8-. The van der Waals surface area contributed by atoms with Crippen molar-refractivity contribution in [2.75, 3.05) is 4.90 Å². The predicted octanol–water partition coefficient (Wildman–Crippen LogP) is 4.01. The zero-order valence-electron chi connectivity index (χ0n) is 13.9. The van der Waals surface area contributed by atoms with Crippen LogP contribution in [0.5, 0.6) is 0 Å². The van der Waals surface area contributed by atoms with E-state index in [-0.39, 0.29) is 15.6 Å². The van der Waals surface area contributed by atoms with Crippen LogP contribution in [0.25, 0.3) is 6.08 Å². The van der Waals surface area contributed by atoms with E-state index >= 15 is 0 Å². The Labute approximate surface area is 163 Å². The van der Waals surface area contributed by atoms with Gasteiger partial charge in [0.05, 0.1) is 21.1 Å². The normalized spacial score (nSPS) is 15.4. The summed E-state index contributed by atoms with van der Waals surface area (Å²) in [6, 6.07) is 10.6. The molecule has 136 valence electrons. The van der Waals surface area contributed by atoms with Crippen molar-refractivity contribution < 1.29 is 19.6 Å². The molecule has 7 nitrogen and oxygen atoms in total. The summed E-state index contributed by atoms with van der Waals surface area (Å²) in [5.74, 6) is -1.51. The molecule has 0 saturated carbocycles. The summed E-state index contributed by atoms with van der Waals surface area (Å²) < 4.78 is 0.260. The van der Waals surface area contributed by atoms with Crippen LogP contribution in [0.1, 0.15) is 21.5 Å². The molecule has 9 heteroatoms. The van der Waals surface area contributed by atoms with Crippen LogP contribution in [0.15, 0.2) is 47.4 Å². The fraction of sp³-hybridized carbons (Fsp3) is 0.0556. The molecule has 0 spiro atoms. The second-order valence-corrected chi connectivity index (χ2v) is 7.35. The van der Waals surface area contributed by atoms with E-state index in [1.807, 2.05) is 0 Å². The van der Waals surface area contributed by atoms with Gasteiger partial charge in [-0.3, -0.25) is 19.8 Å². The third kappa shape index (κ3) is 3.74. The van der Waals surface area contributed by atoms with Gasteiger partial charge in [0.2, 0.25) is 0 Å². The molecule has 27 heavy (non-hydrogen) atoms. The number of benzene rings is 2. The van der Waals surface area contributed by atoms with Gasteiger partial charge in [0, 0.05) is 11.6 Å². The van der Waals surface area contributed by atoms with Crippen LogP contribution < -0.4 is 4.90 Å². The first-order valence-electron chi connectivity index (χ1n) is 7.64. The SMILES string of the molecule is Cc1ccc(/C=C2\SC(=S)N(c3cccc(C(=O)O)c3)C2=O)cc1[N+](=O)[O-]. The van der Waals surface area contributed by atoms with E-state index in [0.29, 0.717) is 21.7 Å². The van der Waals surface area contributed by atoms with Crippen LogP contribution in [0.3, 0.4) is 0 Å². The third-order valence-corrected chi connectivity index (χ3v) is 5.17. The minimum absolute atomic E-state index is 0.0339. The summed E-state index contributed by atoms with van der Waals surface area (Å²) >= 11 is 6.32. The largest absolute Gasteiger partial charge is 0.478 e. The van der Waals surface area contributed by atoms with Crippen LogP contribution >= 0.6 is 24.0 Å². The number of hydrogen-bond donors (Lipinski definition) is 1. The Balaban J connectivity index is 1.96. The van der Waals surface area contributed by atoms with Crippen molar-refractivity contribution in [2.45, 2.75) is 6.92 Å². The number of carbonyl (C=O) groups is 2. The lowest BCUT2D eigenvalue weighted by molar-refractivity contribution is -0.385. The molecular formula is C18H12N2O5S2. The van der Waals surface area contributed by atoms with Gasteiger partial charge in [-0.2, -0.15) is 0 Å². The highest BCUT2D eigenvalue weighted by atomic mass is 32.2. The van der Waals surface area contributed by atoms with E-state index in [0.717, 1.165) is 11.8 Å². The maximum Gasteiger partial charge on any atom is 0.335 e. The molecule has 1 fully saturated rings. The van der Waals surface area contributed by atoms with Gasteiger partial charge in [-0.05, 0) is 36.8 Å². The monoisotopic (exact) mass is 400 g/mol. The Morgan fingerprint density at radius 1 is 1.30 bits per heavy atom. The summed E-state index contributed by atoms with van der Waals surface area (Å²) in [7, 11) is 0. The summed E-state index contributed by atoms with van der Waals surface area (Å²) in [6.45, 7) is 1.64. The van der Waals surface area contributed by atoms with E-state index < -0.39 is 16.8 Å². The van der Waals surface area contributed by atoms with Crippen LogP contribution in [0.2, 0.25) is 0 Å². The number of nitro benzene ring substituents is 1. The number of aromatic carboxylic acids is 1. The second-order valence-electron chi connectivity index (χ2n) is 5.68. The molecule has 0 radical (unpaired) electrons. The molecule has 1 N–H and O–H groups in total. The van der Waals surface area contributed by atoms with Gasteiger partial charge in [0.25, 0.3) is 11.6 Å². The number of carboxylic acid groups (broad SMARTS) is 1. The fourth-order valence-corrected chi connectivity index (χ4v) is 3.83. The lowest BCUT2D eigenvalue weighted by Gasteiger charge is -2.14. The molecule has 0 bridgehead atoms. The fourth-order valence-electron chi connectivity index (χ4n) is 2.53. The van der Waals surface area contributed by atoms with Crippen molar-refractivity contribution in [1.29, 1.82) is 0 Å². The number of rotatable bonds is 4. The maximum absolute atomic E-state index is 12.8. The lowest BCUT2D eigenvalue weighted by Crippen LogP contribution is -2.27. The Morgan fingerprint density at radius 2 is 2.04 bits per heavy atom. The van der Waals surface area contributed by atoms with Gasteiger partial charge in [-0.25, -0.2) is 4.79 Å². The minimum Gasteiger partial charge on any atom is -0.478 e. The highest BCUT2D eigenvalue weighted by Crippen LogP contribution is 2.36. The average molecular weight is 400 g/mol. The first-order chi connectivity index (χ1) is 12.8. The number of carbonyl (C=O) groups excluding carboxylic acids is 1. The number of carboxylic acids is 1. The summed E-state index contributed by atoms with van der Waals surface area (Å²) in [5.41, 5.74) is 1.39. The average Bonchev–Trinajstić information content (AvgIpc) is 2.90.